The van der Waals surface area contributed by atoms with Gasteiger partial charge in [0.25, 0.3) is 0 Å². The zero-order chi connectivity index (χ0) is 36.7. The molecule has 0 N–H and O–H groups in total. The maximum Gasteiger partial charge on any atom is 0.164 e. The number of rotatable bonds is 4. The van der Waals surface area contributed by atoms with E-state index in [0.717, 1.165) is 93.2 Å². The quantitative estimate of drug-likeness (QED) is 0.181. The normalized spacial score (nSPS) is 11.9. The Balaban J connectivity index is 1.13. The summed E-state index contributed by atoms with van der Waals surface area (Å²) >= 11 is 0. The number of fused-ring (bicyclic) bond motifs is 10. The third-order valence-corrected chi connectivity index (χ3v) is 11.1. The average molecular weight is 716 g/mol. The van der Waals surface area contributed by atoms with Crippen LogP contribution in [0.25, 0.3) is 121 Å². The van der Waals surface area contributed by atoms with E-state index < -0.39 is 0 Å². The van der Waals surface area contributed by atoms with E-state index in [9.17, 15) is 0 Å². The summed E-state index contributed by atoms with van der Waals surface area (Å²) in [6.45, 7) is 0. The van der Waals surface area contributed by atoms with E-state index in [1.54, 1.807) is 0 Å². The molecule has 3 aromatic heterocycles. The minimum Gasteiger partial charge on any atom is -0.456 e. The lowest BCUT2D eigenvalue weighted by Gasteiger charge is -2.11. The van der Waals surface area contributed by atoms with Crippen molar-refractivity contribution in [3.8, 4) is 45.3 Å². The summed E-state index contributed by atoms with van der Waals surface area (Å²) in [6.07, 6.45) is 0. The molecule has 0 saturated carbocycles. The van der Waals surface area contributed by atoms with Crippen LogP contribution >= 0.6 is 0 Å². The second-order valence-corrected chi connectivity index (χ2v) is 14.4. The van der Waals surface area contributed by atoms with Gasteiger partial charge in [-0.15, -0.1) is 0 Å². The van der Waals surface area contributed by atoms with Crippen LogP contribution in [0.5, 0.6) is 0 Å². The summed E-state index contributed by atoms with van der Waals surface area (Å²) in [5.74, 6) is 1.73. The molecular formula is C51H29N3O2. The molecule has 12 rings (SSSR count). The number of furan rings is 2. The highest BCUT2D eigenvalue weighted by Gasteiger charge is 2.22. The van der Waals surface area contributed by atoms with Gasteiger partial charge < -0.3 is 8.83 Å². The summed E-state index contributed by atoms with van der Waals surface area (Å²) in [4.78, 5) is 15.8. The molecule has 9 aromatic carbocycles. The number of hydrogen-bond donors (Lipinski definition) is 0. The van der Waals surface area contributed by atoms with Crippen LogP contribution in [0.15, 0.2) is 185 Å². The van der Waals surface area contributed by atoms with Crippen molar-refractivity contribution in [1.29, 1.82) is 0 Å². The molecule has 0 aliphatic rings. The fourth-order valence-corrected chi connectivity index (χ4v) is 8.37. The third-order valence-electron chi connectivity index (χ3n) is 11.1. The Morgan fingerprint density at radius 2 is 0.875 bits per heavy atom. The average Bonchev–Trinajstić information content (AvgIpc) is 3.84. The molecule has 0 fully saturated rings. The van der Waals surface area contributed by atoms with Crippen LogP contribution in [0.3, 0.4) is 0 Å². The van der Waals surface area contributed by atoms with Gasteiger partial charge in [0.1, 0.15) is 22.3 Å². The van der Waals surface area contributed by atoms with Crippen LogP contribution in [0.2, 0.25) is 0 Å². The van der Waals surface area contributed by atoms with Gasteiger partial charge in [-0.25, -0.2) is 15.0 Å². The Kier molecular flexibility index (Phi) is 6.56. The van der Waals surface area contributed by atoms with Gasteiger partial charge in [0, 0.05) is 43.6 Å². The van der Waals surface area contributed by atoms with E-state index in [1.165, 1.54) is 10.8 Å². The van der Waals surface area contributed by atoms with E-state index in [2.05, 4.69) is 146 Å². The lowest BCUT2D eigenvalue weighted by molar-refractivity contribution is 0.669. The number of nitrogens with zero attached hydrogens (tertiary/aromatic N) is 3. The molecular weight excluding hydrogens is 687 g/mol. The topological polar surface area (TPSA) is 65.0 Å². The first kappa shape index (κ1) is 30.8. The van der Waals surface area contributed by atoms with Gasteiger partial charge in [0.05, 0.1) is 0 Å². The van der Waals surface area contributed by atoms with Crippen molar-refractivity contribution >= 4 is 76.2 Å². The van der Waals surface area contributed by atoms with Gasteiger partial charge in [-0.05, 0) is 80.5 Å². The van der Waals surface area contributed by atoms with Crippen molar-refractivity contribution in [3.05, 3.63) is 176 Å². The lowest BCUT2D eigenvalue weighted by Crippen LogP contribution is -2.01. The smallest absolute Gasteiger partial charge is 0.164 e. The first-order chi connectivity index (χ1) is 27.7. The molecule has 56 heavy (non-hydrogen) atoms. The molecule has 12 aromatic rings. The maximum atomic E-state index is 6.87. The van der Waals surface area contributed by atoms with Crippen molar-refractivity contribution < 1.29 is 8.83 Å². The SMILES string of the molecule is c1ccc2cc(-c3ccc4c(c3)oc3c5ccccc5cc(-c5nc(-c6ccc7ccccc7c6)nc(-c6cccc7oc8ccccc8c67)n5)c43)ccc2c1. The molecule has 0 aliphatic carbocycles. The van der Waals surface area contributed by atoms with Crippen molar-refractivity contribution in [3.63, 3.8) is 0 Å². The molecule has 0 unspecified atom stereocenters. The second-order valence-electron chi connectivity index (χ2n) is 14.4. The minimum atomic E-state index is 0.569. The molecule has 5 nitrogen and oxygen atoms in total. The number of benzene rings is 9. The molecule has 0 saturated heterocycles. The third kappa shape index (κ3) is 4.78. The first-order valence-electron chi connectivity index (χ1n) is 18.8. The Morgan fingerprint density at radius 1 is 0.304 bits per heavy atom. The molecule has 0 radical (unpaired) electrons. The Hall–Kier alpha value is -7.63. The van der Waals surface area contributed by atoms with Crippen LogP contribution in [-0.2, 0) is 0 Å². The zero-order valence-electron chi connectivity index (χ0n) is 29.9. The standard InChI is InChI=1S/C51H29N3O2/c1-3-12-32-26-34(22-20-30(32)10-1)35-24-25-40-45(29-35)56-48-38-15-6-5-14-36(38)28-42(47(40)48)51-53-49(37-23-21-31-11-2-4-13-33(31)27-37)52-50(54-51)41-17-9-19-44-46(41)39-16-7-8-18-43(39)55-44/h1-29H. The largest absolute Gasteiger partial charge is 0.456 e. The van der Waals surface area contributed by atoms with Gasteiger partial charge >= 0.3 is 0 Å². The highest BCUT2D eigenvalue weighted by Crippen LogP contribution is 2.43. The number of aromatic nitrogens is 3. The fraction of sp³-hybridized carbons (Fsp3) is 0. The molecule has 0 aliphatic heterocycles. The maximum absolute atomic E-state index is 6.87. The second kappa shape index (κ2) is 11.9. The van der Waals surface area contributed by atoms with E-state index >= 15 is 0 Å². The van der Waals surface area contributed by atoms with Crippen LogP contribution in [0.1, 0.15) is 0 Å². The molecule has 5 heteroatoms. The summed E-state index contributed by atoms with van der Waals surface area (Å²) in [5.41, 5.74) is 8.12. The van der Waals surface area contributed by atoms with Crippen molar-refractivity contribution in [2.45, 2.75) is 0 Å². The predicted octanol–water partition coefficient (Wildman–Crippen LogP) is 13.8. The molecule has 0 atom stereocenters. The van der Waals surface area contributed by atoms with Gasteiger partial charge in [-0.1, -0.05) is 133 Å². The summed E-state index contributed by atoms with van der Waals surface area (Å²) in [5, 5.41) is 10.7. The van der Waals surface area contributed by atoms with Gasteiger partial charge in [0.2, 0.25) is 0 Å². The highest BCUT2D eigenvalue weighted by molar-refractivity contribution is 6.21. The Bertz CT molecular complexity index is 3560. The summed E-state index contributed by atoms with van der Waals surface area (Å²) < 4.78 is 13.2. The molecule has 0 bridgehead atoms. The van der Waals surface area contributed by atoms with Gasteiger partial charge in [-0.2, -0.15) is 0 Å². The van der Waals surface area contributed by atoms with E-state index in [1.807, 2.05) is 30.3 Å². The van der Waals surface area contributed by atoms with Gasteiger partial charge in [-0.3, -0.25) is 0 Å². The van der Waals surface area contributed by atoms with E-state index in [0.29, 0.717) is 17.5 Å². The van der Waals surface area contributed by atoms with Crippen molar-refractivity contribution in [2.24, 2.45) is 0 Å². The first-order valence-corrected chi connectivity index (χ1v) is 18.8. The summed E-state index contributed by atoms with van der Waals surface area (Å²) in [7, 11) is 0. The monoisotopic (exact) mass is 715 g/mol. The molecule has 0 amide bonds. The molecule has 260 valence electrons. The van der Waals surface area contributed by atoms with Crippen LogP contribution in [0, 0.1) is 0 Å². The predicted molar refractivity (Wildman–Crippen MR) is 229 cm³/mol. The van der Waals surface area contributed by atoms with Crippen molar-refractivity contribution in [1.82, 2.24) is 15.0 Å². The van der Waals surface area contributed by atoms with Gasteiger partial charge in [0.15, 0.2) is 17.5 Å². The molecule has 3 heterocycles. The van der Waals surface area contributed by atoms with E-state index in [4.69, 9.17) is 23.8 Å². The Labute approximate surface area is 320 Å². The van der Waals surface area contributed by atoms with Crippen molar-refractivity contribution in [2.75, 3.05) is 0 Å². The van der Waals surface area contributed by atoms with Crippen LogP contribution < -0.4 is 0 Å². The number of hydrogen-bond acceptors (Lipinski definition) is 5. The Morgan fingerprint density at radius 3 is 1.68 bits per heavy atom. The lowest BCUT2D eigenvalue weighted by atomic mass is 9.97. The highest BCUT2D eigenvalue weighted by atomic mass is 16.3. The summed E-state index contributed by atoms with van der Waals surface area (Å²) in [6, 6.07) is 61.1. The van der Waals surface area contributed by atoms with E-state index in [-0.39, 0.29) is 0 Å². The van der Waals surface area contributed by atoms with Crippen LogP contribution in [-0.4, -0.2) is 15.0 Å². The fourth-order valence-electron chi connectivity index (χ4n) is 8.37. The molecule has 0 spiro atoms. The zero-order valence-corrected chi connectivity index (χ0v) is 29.9. The number of para-hydroxylation sites is 1. The van der Waals surface area contributed by atoms with Crippen LogP contribution in [0.4, 0.5) is 0 Å². The minimum absolute atomic E-state index is 0.569.